The number of hydrogen-bond donors (Lipinski definition) is 1. The number of rotatable bonds is 4. The van der Waals surface area contributed by atoms with Crippen molar-refractivity contribution in [3.8, 4) is 0 Å². The molecule has 72 valence electrons. The highest BCUT2D eigenvalue weighted by Crippen LogP contribution is 2.05. The van der Waals surface area contributed by atoms with E-state index in [1.54, 1.807) is 13.8 Å². The molecule has 0 saturated carbocycles. The number of amides is 1. The molecule has 2 N–H and O–H groups in total. The van der Waals surface area contributed by atoms with E-state index in [9.17, 15) is 13.6 Å². The Kier molecular flexibility index (Phi) is 4.73. The minimum atomic E-state index is -2.57. The predicted octanol–water partition coefficient (Wildman–Crippen LogP) is 1.000. The summed E-state index contributed by atoms with van der Waals surface area (Å²) in [4.78, 5) is 11.1. The number of nitrogens with zero attached hydrogens (tertiary/aromatic N) is 1. The van der Waals surface area contributed by atoms with Gasteiger partial charge in [0.15, 0.2) is 0 Å². The Morgan fingerprint density at radius 1 is 1.58 bits per heavy atom. The third-order valence-electron chi connectivity index (χ3n) is 1.65. The van der Waals surface area contributed by atoms with Gasteiger partial charge in [0.1, 0.15) is 0 Å². The maximum absolute atomic E-state index is 11.7. The van der Waals surface area contributed by atoms with Crippen LogP contribution in [0.5, 0.6) is 0 Å². The molecular weight excluding hydrogens is 166 g/mol. The fourth-order valence-electron chi connectivity index (χ4n) is 0.696. The van der Waals surface area contributed by atoms with E-state index in [0.717, 1.165) is 0 Å². The van der Waals surface area contributed by atoms with Gasteiger partial charge in [0.25, 0.3) is 6.43 Å². The van der Waals surface area contributed by atoms with Gasteiger partial charge in [-0.25, -0.2) is 14.6 Å². The first-order chi connectivity index (χ1) is 5.49. The lowest BCUT2D eigenvalue weighted by molar-refractivity contribution is -0.137. The number of hydrogen-bond acceptors (Lipinski definition) is 2. The molecule has 0 saturated heterocycles. The molecule has 0 aromatic rings. The quantitative estimate of drug-likeness (QED) is 0.398. The fraction of sp³-hybridized carbons (Fsp3) is 0.857. The van der Waals surface area contributed by atoms with Crippen LogP contribution in [0.3, 0.4) is 0 Å². The molecule has 5 heteroatoms. The largest absolute Gasteiger partial charge is 0.275 e. The van der Waals surface area contributed by atoms with Crippen LogP contribution in [0.4, 0.5) is 8.78 Å². The smallest absolute Gasteiger partial charge is 0.257 e. The Morgan fingerprint density at radius 3 is 2.42 bits per heavy atom. The van der Waals surface area contributed by atoms with Gasteiger partial charge in [-0.3, -0.25) is 9.80 Å². The molecule has 0 aromatic heterocycles. The summed E-state index contributed by atoms with van der Waals surface area (Å²) in [5.41, 5.74) is 0. The minimum absolute atomic E-state index is 0.284. The normalized spacial score (nSPS) is 13.2. The molecule has 1 unspecified atom stereocenters. The number of carbonyl (C=O) groups excluding carboxylic acids is 1. The van der Waals surface area contributed by atoms with Crippen LogP contribution in [0.25, 0.3) is 0 Å². The van der Waals surface area contributed by atoms with Crippen molar-refractivity contribution in [2.45, 2.75) is 26.7 Å². The van der Waals surface area contributed by atoms with E-state index in [-0.39, 0.29) is 5.92 Å². The molecule has 0 bridgehead atoms. The van der Waals surface area contributed by atoms with E-state index in [2.05, 4.69) is 0 Å². The summed E-state index contributed by atoms with van der Waals surface area (Å²) >= 11 is 0. The summed E-state index contributed by atoms with van der Waals surface area (Å²) in [7, 11) is 0. The topological polar surface area (TPSA) is 46.3 Å². The van der Waals surface area contributed by atoms with Gasteiger partial charge in [0.2, 0.25) is 5.91 Å². The van der Waals surface area contributed by atoms with Crippen molar-refractivity contribution in [2.75, 3.05) is 6.54 Å². The maximum Gasteiger partial charge on any atom is 0.257 e. The molecule has 0 rings (SSSR count). The minimum Gasteiger partial charge on any atom is -0.275 e. The molecule has 0 fully saturated rings. The number of nitrogens with two attached hydrogens (primary N) is 1. The highest BCUT2D eigenvalue weighted by molar-refractivity contribution is 5.77. The van der Waals surface area contributed by atoms with Crippen molar-refractivity contribution in [3.63, 3.8) is 0 Å². The van der Waals surface area contributed by atoms with Crippen LogP contribution in [0.1, 0.15) is 20.3 Å². The molecule has 0 spiro atoms. The second kappa shape index (κ2) is 5.03. The van der Waals surface area contributed by atoms with Crippen LogP contribution in [0.15, 0.2) is 0 Å². The second-order valence-electron chi connectivity index (χ2n) is 2.69. The SMILES string of the molecule is CCC(C)C(=O)N(N)CC(F)F. The van der Waals surface area contributed by atoms with Gasteiger partial charge in [0.05, 0.1) is 6.54 Å². The Hall–Kier alpha value is -0.710. The van der Waals surface area contributed by atoms with Crippen molar-refractivity contribution in [1.29, 1.82) is 0 Å². The summed E-state index contributed by atoms with van der Waals surface area (Å²) in [6, 6.07) is 0. The van der Waals surface area contributed by atoms with Gasteiger partial charge in [-0.2, -0.15) is 0 Å². The Balaban J connectivity index is 3.92. The van der Waals surface area contributed by atoms with Crippen LogP contribution >= 0.6 is 0 Å². The van der Waals surface area contributed by atoms with E-state index in [4.69, 9.17) is 5.84 Å². The summed E-state index contributed by atoms with van der Waals surface area (Å²) in [5.74, 6) is 4.38. The first-order valence-corrected chi connectivity index (χ1v) is 3.83. The van der Waals surface area contributed by atoms with Gasteiger partial charge in [0, 0.05) is 5.92 Å². The van der Waals surface area contributed by atoms with Gasteiger partial charge in [-0.15, -0.1) is 0 Å². The van der Waals surface area contributed by atoms with Gasteiger partial charge < -0.3 is 0 Å². The molecule has 0 aliphatic carbocycles. The molecule has 0 aliphatic rings. The average Bonchev–Trinajstić information content (AvgIpc) is 2.00. The number of alkyl halides is 2. The zero-order valence-electron chi connectivity index (χ0n) is 7.26. The lowest BCUT2D eigenvalue weighted by atomic mass is 10.1. The van der Waals surface area contributed by atoms with E-state index in [1.807, 2.05) is 0 Å². The predicted molar refractivity (Wildman–Crippen MR) is 41.4 cm³/mol. The molecule has 0 heterocycles. The zero-order chi connectivity index (χ0) is 9.72. The highest BCUT2D eigenvalue weighted by Gasteiger charge is 2.18. The Labute approximate surface area is 70.5 Å². The maximum atomic E-state index is 11.7. The highest BCUT2D eigenvalue weighted by atomic mass is 19.3. The lowest BCUT2D eigenvalue weighted by Gasteiger charge is -2.19. The van der Waals surface area contributed by atoms with Gasteiger partial charge >= 0.3 is 0 Å². The molecule has 0 aromatic carbocycles. The molecule has 3 nitrogen and oxygen atoms in total. The van der Waals surface area contributed by atoms with Crippen LogP contribution in [-0.2, 0) is 4.79 Å². The van der Waals surface area contributed by atoms with Crippen LogP contribution in [-0.4, -0.2) is 23.9 Å². The molecule has 1 amide bonds. The molecule has 0 radical (unpaired) electrons. The first-order valence-electron chi connectivity index (χ1n) is 3.83. The summed E-state index contributed by atoms with van der Waals surface area (Å²) < 4.78 is 23.5. The third kappa shape index (κ3) is 3.61. The standard InChI is InChI=1S/C7H14F2N2O/c1-3-5(2)7(12)11(10)4-6(8)9/h5-6H,3-4,10H2,1-2H3. The average molecular weight is 180 g/mol. The van der Waals surface area contributed by atoms with E-state index >= 15 is 0 Å². The molecule has 12 heavy (non-hydrogen) atoms. The second-order valence-corrected chi connectivity index (χ2v) is 2.69. The van der Waals surface area contributed by atoms with Gasteiger partial charge in [-0.05, 0) is 6.42 Å². The number of halogens is 2. The molecular formula is C7H14F2N2O. The Morgan fingerprint density at radius 2 is 2.08 bits per heavy atom. The van der Waals surface area contributed by atoms with Crippen molar-refractivity contribution in [2.24, 2.45) is 11.8 Å². The molecule has 0 aliphatic heterocycles. The van der Waals surface area contributed by atoms with Crippen molar-refractivity contribution in [1.82, 2.24) is 5.01 Å². The number of hydrazine groups is 1. The summed E-state index contributed by atoms with van der Waals surface area (Å²) in [5, 5.41) is 0.582. The van der Waals surface area contributed by atoms with E-state index in [0.29, 0.717) is 11.4 Å². The summed E-state index contributed by atoms with van der Waals surface area (Å²) in [6.07, 6.45) is -1.96. The fourth-order valence-corrected chi connectivity index (χ4v) is 0.696. The first kappa shape index (κ1) is 11.3. The van der Waals surface area contributed by atoms with Crippen LogP contribution < -0.4 is 5.84 Å². The van der Waals surface area contributed by atoms with E-state index < -0.39 is 18.9 Å². The lowest BCUT2D eigenvalue weighted by Crippen LogP contribution is -2.43. The third-order valence-corrected chi connectivity index (χ3v) is 1.65. The van der Waals surface area contributed by atoms with Crippen LogP contribution in [0.2, 0.25) is 0 Å². The molecule has 1 atom stereocenters. The zero-order valence-corrected chi connectivity index (χ0v) is 7.26. The van der Waals surface area contributed by atoms with Crippen molar-refractivity contribution < 1.29 is 13.6 Å². The van der Waals surface area contributed by atoms with E-state index in [1.165, 1.54) is 0 Å². The summed E-state index contributed by atoms with van der Waals surface area (Å²) in [6.45, 7) is 2.77. The Bertz CT molecular complexity index is 152. The van der Waals surface area contributed by atoms with Crippen molar-refractivity contribution in [3.05, 3.63) is 0 Å². The van der Waals surface area contributed by atoms with Crippen molar-refractivity contribution >= 4 is 5.91 Å². The van der Waals surface area contributed by atoms with Crippen LogP contribution in [0, 0.1) is 5.92 Å². The number of carbonyl (C=O) groups is 1. The van der Waals surface area contributed by atoms with Gasteiger partial charge in [-0.1, -0.05) is 13.8 Å². The monoisotopic (exact) mass is 180 g/mol.